The molecular formula is C7H6F6O. The Bertz CT molecular complexity index is 207. The molecule has 1 nitrogen and oxygen atoms in total. The summed E-state index contributed by atoms with van der Waals surface area (Å²) in [5.74, 6) is -3.33. The Labute approximate surface area is 76.0 Å². The van der Waals surface area contributed by atoms with Gasteiger partial charge in [-0.05, 0) is 0 Å². The molecule has 0 aromatic heterocycles. The normalized spacial score (nSPS) is 9.29. The molecule has 0 rings (SSSR count). The third-order valence-electron chi connectivity index (χ3n) is 0.607. The van der Waals surface area contributed by atoms with Crippen LogP contribution in [0.1, 0.15) is 0 Å². The van der Waals surface area contributed by atoms with Crippen LogP contribution in [0.2, 0.25) is 0 Å². The third-order valence-corrected chi connectivity index (χ3v) is 0.607. The molecule has 7 heteroatoms. The van der Waals surface area contributed by atoms with Crippen LogP contribution in [0, 0.1) is 0 Å². The minimum atomic E-state index is -5.56. The van der Waals surface area contributed by atoms with Crippen molar-refractivity contribution in [3.8, 4) is 0 Å². The van der Waals surface area contributed by atoms with E-state index in [9.17, 15) is 26.3 Å². The quantitative estimate of drug-likeness (QED) is 0.506. The predicted molar refractivity (Wildman–Crippen MR) is 37.9 cm³/mol. The second-order valence-corrected chi connectivity index (χ2v) is 1.54. The maximum absolute atomic E-state index is 11.0. The van der Waals surface area contributed by atoms with Gasteiger partial charge >= 0.3 is 12.3 Å². The molecule has 0 heterocycles. The Morgan fingerprint density at radius 2 is 1.36 bits per heavy atom. The van der Waals surface area contributed by atoms with Gasteiger partial charge in [-0.2, -0.15) is 26.3 Å². The smallest absolute Gasteiger partial charge is 0.448 e. The van der Waals surface area contributed by atoms with E-state index in [1.54, 1.807) is 0 Å². The SMILES string of the molecule is C=COC=C.FC(F)=C(F)C(F)(F)F. The van der Waals surface area contributed by atoms with Crippen molar-refractivity contribution in [2.75, 3.05) is 0 Å². The summed E-state index contributed by atoms with van der Waals surface area (Å²) in [6.07, 6.45) is -6.28. The average Bonchev–Trinajstić information content (AvgIpc) is 2.04. The molecule has 0 saturated heterocycles. The summed E-state index contributed by atoms with van der Waals surface area (Å²) < 4.78 is 69.2. The first kappa shape index (κ1) is 15.1. The molecule has 0 unspecified atom stereocenters. The number of allylic oxidation sites excluding steroid dienone is 1. The van der Waals surface area contributed by atoms with Crippen LogP contribution in [0.15, 0.2) is 37.6 Å². The van der Waals surface area contributed by atoms with Gasteiger partial charge in [-0.1, -0.05) is 13.2 Å². The van der Waals surface area contributed by atoms with Gasteiger partial charge < -0.3 is 4.74 Å². The minimum Gasteiger partial charge on any atom is -0.474 e. The summed E-state index contributed by atoms with van der Waals surface area (Å²) >= 11 is 0. The zero-order valence-electron chi connectivity index (χ0n) is 6.74. The first-order valence-electron chi connectivity index (χ1n) is 2.92. The number of ether oxygens (including phenoxy) is 1. The first-order chi connectivity index (χ1) is 6.27. The van der Waals surface area contributed by atoms with E-state index >= 15 is 0 Å². The lowest BCUT2D eigenvalue weighted by atomic mass is 10.6. The van der Waals surface area contributed by atoms with Crippen molar-refractivity contribution in [2.45, 2.75) is 6.18 Å². The van der Waals surface area contributed by atoms with E-state index < -0.39 is 18.1 Å². The molecule has 0 spiro atoms. The standard InChI is InChI=1S/C4H6O.C3F6/c1-3-5-4-2;4-1(2(5)6)3(7,8)9/h3-4H,1-2H2;. The summed E-state index contributed by atoms with van der Waals surface area (Å²) in [5.41, 5.74) is 0. The molecule has 0 aliphatic carbocycles. The molecule has 0 radical (unpaired) electrons. The molecule has 0 saturated carbocycles. The zero-order valence-corrected chi connectivity index (χ0v) is 6.74. The van der Waals surface area contributed by atoms with Crippen molar-refractivity contribution in [2.24, 2.45) is 0 Å². The Hall–Kier alpha value is -1.40. The lowest BCUT2D eigenvalue weighted by Crippen LogP contribution is -2.08. The number of hydrogen-bond acceptors (Lipinski definition) is 1. The maximum atomic E-state index is 11.0. The van der Waals surface area contributed by atoms with E-state index in [0.717, 1.165) is 0 Å². The molecule has 0 N–H and O–H groups in total. The molecule has 0 aromatic rings. The fourth-order valence-electron chi connectivity index (χ4n) is 0.175. The Morgan fingerprint density at radius 1 is 1.00 bits per heavy atom. The monoisotopic (exact) mass is 220 g/mol. The fourth-order valence-corrected chi connectivity index (χ4v) is 0.175. The summed E-state index contributed by atoms with van der Waals surface area (Å²) in [7, 11) is 0. The Morgan fingerprint density at radius 3 is 1.36 bits per heavy atom. The lowest BCUT2D eigenvalue weighted by molar-refractivity contribution is -0.113. The van der Waals surface area contributed by atoms with E-state index in [0.29, 0.717) is 0 Å². The van der Waals surface area contributed by atoms with Crippen molar-refractivity contribution >= 4 is 0 Å². The van der Waals surface area contributed by atoms with Gasteiger partial charge in [-0.3, -0.25) is 0 Å². The second kappa shape index (κ2) is 7.05. The highest BCUT2D eigenvalue weighted by atomic mass is 19.4. The van der Waals surface area contributed by atoms with Gasteiger partial charge in [0.2, 0.25) is 0 Å². The van der Waals surface area contributed by atoms with Gasteiger partial charge in [0, 0.05) is 0 Å². The molecule has 0 aromatic carbocycles. The van der Waals surface area contributed by atoms with E-state index in [2.05, 4.69) is 17.9 Å². The topological polar surface area (TPSA) is 9.23 Å². The fraction of sp³-hybridized carbons (Fsp3) is 0.143. The second-order valence-electron chi connectivity index (χ2n) is 1.54. The van der Waals surface area contributed by atoms with Gasteiger partial charge in [-0.25, -0.2) is 0 Å². The van der Waals surface area contributed by atoms with Crippen LogP contribution >= 0.6 is 0 Å². The van der Waals surface area contributed by atoms with Crippen molar-refractivity contribution in [1.82, 2.24) is 0 Å². The molecule has 0 bridgehead atoms. The van der Waals surface area contributed by atoms with Crippen LogP contribution < -0.4 is 0 Å². The lowest BCUT2D eigenvalue weighted by Gasteiger charge is -1.98. The van der Waals surface area contributed by atoms with Crippen molar-refractivity contribution in [3.63, 3.8) is 0 Å². The summed E-state index contributed by atoms with van der Waals surface area (Å²) in [4.78, 5) is 0. The van der Waals surface area contributed by atoms with Crippen LogP contribution in [0.3, 0.4) is 0 Å². The molecule has 0 aliphatic heterocycles. The van der Waals surface area contributed by atoms with Gasteiger partial charge in [0.15, 0.2) is 0 Å². The number of halogens is 6. The number of alkyl halides is 3. The van der Waals surface area contributed by atoms with Crippen LogP contribution in [-0.4, -0.2) is 6.18 Å². The van der Waals surface area contributed by atoms with Crippen molar-refractivity contribution in [3.05, 3.63) is 37.6 Å². The molecular weight excluding hydrogens is 214 g/mol. The largest absolute Gasteiger partial charge is 0.474 e. The first-order valence-corrected chi connectivity index (χ1v) is 2.92. The van der Waals surface area contributed by atoms with E-state index in [1.165, 1.54) is 12.5 Å². The number of rotatable bonds is 2. The summed E-state index contributed by atoms with van der Waals surface area (Å²) in [5, 5.41) is 0. The third kappa shape index (κ3) is 8.69. The van der Waals surface area contributed by atoms with Crippen molar-refractivity contribution < 1.29 is 31.1 Å². The minimum absolute atomic E-state index is 1.31. The molecule has 0 amide bonds. The van der Waals surface area contributed by atoms with E-state index in [4.69, 9.17) is 0 Å². The Kier molecular flexibility index (Phi) is 7.60. The summed E-state index contributed by atoms with van der Waals surface area (Å²) in [6, 6.07) is 0. The molecule has 0 fully saturated rings. The Balaban J connectivity index is 0. The zero-order chi connectivity index (χ0) is 11.8. The maximum Gasteiger partial charge on any atom is 0.448 e. The van der Waals surface area contributed by atoms with Crippen LogP contribution in [0.5, 0.6) is 0 Å². The molecule has 82 valence electrons. The molecule has 0 atom stereocenters. The van der Waals surface area contributed by atoms with Gasteiger partial charge in [-0.15, -0.1) is 0 Å². The van der Waals surface area contributed by atoms with E-state index in [1.807, 2.05) is 0 Å². The molecule has 0 aliphatic rings. The average molecular weight is 220 g/mol. The van der Waals surface area contributed by atoms with Gasteiger partial charge in [0.25, 0.3) is 5.83 Å². The van der Waals surface area contributed by atoms with Crippen LogP contribution in [-0.2, 0) is 4.74 Å². The predicted octanol–water partition coefficient (Wildman–Crippen LogP) is 3.92. The van der Waals surface area contributed by atoms with Gasteiger partial charge in [0.05, 0.1) is 12.5 Å². The highest BCUT2D eigenvalue weighted by molar-refractivity contribution is 4.98. The highest BCUT2D eigenvalue weighted by Crippen LogP contribution is 2.29. The van der Waals surface area contributed by atoms with Crippen molar-refractivity contribution in [1.29, 1.82) is 0 Å². The highest BCUT2D eigenvalue weighted by Gasteiger charge is 2.38. The van der Waals surface area contributed by atoms with Gasteiger partial charge in [0.1, 0.15) is 0 Å². The molecule has 14 heavy (non-hydrogen) atoms. The number of hydrogen-bond donors (Lipinski definition) is 0. The van der Waals surface area contributed by atoms with Crippen LogP contribution in [0.25, 0.3) is 0 Å². The summed E-state index contributed by atoms with van der Waals surface area (Å²) in [6.45, 7) is 6.51. The van der Waals surface area contributed by atoms with E-state index in [-0.39, 0.29) is 0 Å². The van der Waals surface area contributed by atoms with Crippen LogP contribution in [0.4, 0.5) is 26.3 Å².